The van der Waals surface area contributed by atoms with E-state index in [9.17, 15) is 26.4 Å². The molecule has 0 fully saturated rings. The van der Waals surface area contributed by atoms with Crippen LogP contribution in [-0.2, 0) is 20.8 Å². The van der Waals surface area contributed by atoms with Gasteiger partial charge >= 0.3 is 12.1 Å². The van der Waals surface area contributed by atoms with E-state index in [0.717, 1.165) is 18.2 Å². The number of aliphatic carboxylic acids is 1. The van der Waals surface area contributed by atoms with Crippen LogP contribution in [-0.4, -0.2) is 25.5 Å². The lowest BCUT2D eigenvalue weighted by Gasteiger charge is -2.13. The first kappa shape index (κ1) is 14.5. The maximum absolute atomic E-state index is 12.8. The summed E-state index contributed by atoms with van der Waals surface area (Å²) in [6, 6.07) is 0.917. The standard InChI is InChI=1S/C11H8F3NO4S/c12-11(13,14)6-3-1-2-5-4-7(8(15)10(16)17)20(18,19)9(5)6/h1-4,8H,15H2,(H,16,17). The number of carbonyl (C=O) groups is 1. The highest BCUT2D eigenvalue weighted by atomic mass is 32.2. The van der Waals surface area contributed by atoms with Gasteiger partial charge in [0.25, 0.3) is 0 Å². The number of benzene rings is 1. The molecule has 1 aromatic rings. The van der Waals surface area contributed by atoms with Crippen LogP contribution in [0.15, 0.2) is 28.0 Å². The number of hydrogen-bond donors (Lipinski definition) is 2. The van der Waals surface area contributed by atoms with Crippen molar-refractivity contribution in [1.29, 1.82) is 0 Å². The number of rotatable bonds is 2. The molecule has 108 valence electrons. The average Bonchev–Trinajstić information content (AvgIpc) is 2.59. The molecule has 0 spiro atoms. The van der Waals surface area contributed by atoms with Crippen molar-refractivity contribution in [2.24, 2.45) is 5.73 Å². The van der Waals surface area contributed by atoms with Crippen molar-refractivity contribution in [3.05, 3.63) is 34.2 Å². The molecule has 0 bridgehead atoms. The normalized spacial score (nSPS) is 18.3. The van der Waals surface area contributed by atoms with Gasteiger partial charge in [0.2, 0.25) is 9.84 Å². The minimum Gasteiger partial charge on any atom is -0.480 e. The zero-order valence-corrected chi connectivity index (χ0v) is 10.5. The van der Waals surface area contributed by atoms with Crippen LogP contribution in [0.1, 0.15) is 11.1 Å². The van der Waals surface area contributed by atoms with Gasteiger partial charge in [0, 0.05) is 0 Å². The van der Waals surface area contributed by atoms with Gasteiger partial charge in [-0.3, -0.25) is 4.79 Å². The lowest BCUT2D eigenvalue weighted by atomic mass is 10.1. The minimum absolute atomic E-state index is 0.216. The van der Waals surface area contributed by atoms with Crippen LogP contribution in [0.25, 0.3) is 6.08 Å². The van der Waals surface area contributed by atoms with Crippen LogP contribution < -0.4 is 5.73 Å². The number of hydrogen-bond acceptors (Lipinski definition) is 4. The van der Waals surface area contributed by atoms with Crippen molar-refractivity contribution in [3.8, 4) is 0 Å². The predicted molar refractivity (Wildman–Crippen MR) is 62.2 cm³/mol. The Balaban J connectivity index is 2.70. The quantitative estimate of drug-likeness (QED) is 0.857. The molecule has 1 aliphatic heterocycles. The van der Waals surface area contributed by atoms with E-state index in [1.165, 1.54) is 0 Å². The molecule has 1 aliphatic rings. The topological polar surface area (TPSA) is 97.5 Å². The minimum atomic E-state index is -4.87. The van der Waals surface area contributed by atoms with Crippen molar-refractivity contribution in [1.82, 2.24) is 0 Å². The Morgan fingerprint density at radius 1 is 1.30 bits per heavy atom. The summed E-state index contributed by atoms with van der Waals surface area (Å²) < 4.78 is 62.7. The maximum Gasteiger partial charge on any atom is 0.417 e. The first-order chi connectivity index (χ1) is 9.06. The predicted octanol–water partition coefficient (Wildman–Crippen LogP) is 1.25. The largest absolute Gasteiger partial charge is 0.480 e. The molecular weight excluding hydrogens is 299 g/mol. The van der Waals surface area contributed by atoms with Crippen LogP contribution >= 0.6 is 0 Å². The van der Waals surface area contributed by atoms with Gasteiger partial charge in [0.15, 0.2) is 0 Å². The molecule has 5 nitrogen and oxygen atoms in total. The van der Waals surface area contributed by atoms with Gasteiger partial charge < -0.3 is 10.8 Å². The Bertz CT molecular complexity index is 722. The summed E-state index contributed by atoms with van der Waals surface area (Å²) >= 11 is 0. The molecule has 0 amide bonds. The van der Waals surface area contributed by atoms with E-state index in [1.54, 1.807) is 0 Å². The molecule has 3 N–H and O–H groups in total. The molecule has 0 radical (unpaired) electrons. The Hall–Kier alpha value is -1.87. The Morgan fingerprint density at radius 3 is 2.40 bits per heavy atom. The summed E-state index contributed by atoms with van der Waals surface area (Å²) in [5.41, 5.74) is 3.66. The van der Waals surface area contributed by atoms with Crippen molar-refractivity contribution >= 4 is 21.9 Å². The molecule has 0 saturated heterocycles. The van der Waals surface area contributed by atoms with E-state index in [4.69, 9.17) is 10.8 Å². The molecule has 0 aromatic heterocycles. The number of sulfone groups is 1. The molecule has 9 heteroatoms. The smallest absolute Gasteiger partial charge is 0.417 e. The van der Waals surface area contributed by atoms with Gasteiger partial charge in [0.05, 0.1) is 15.4 Å². The molecule has 0 aliphatic carbocycles. The highest BCUT2D eigenvalue weighted by molar-refractivity contribution is 7.96. The summed E-state index contributed by atoms with van der Waals surface area (Å²) in [4.78, 5) is 9.06. The van der Waals surface area contributed by atoms with Crippen molar-refractivity contribution in [3.63, 3.8) is 0 Å². The summed E-state index contributed by atoms with van der Waals surface area (Å²) in [6.45, 7) is 0. The molecule has 2 rings (SSSR count). The van der Waals surface area contributed by atoms with Crippen LogP contribution in [0.2, 0.25) is 0 Å². The fraction of sp³-hybridized carbons (Fsp3) is 0.182. The third-order valence-electron chi connectivity index (χ3n) is 2.80. The molecule has 1 aromatic carbocycles. The SMILES string of the molecule is NC(C(=O)O)C1=Cc2cccc(C(F)(F)F)c2S1(=O)=O. The highest BCUT2D eigenvalue weighted by Crippen LogP contribution is 2.42. The van der Waals surface area contributed by atoms with E-state index in [0.29, 0.717) is 6.07 Å². The Kier molecular flexibility index (Phi) is 3.14. The first-order valence-corrected chi connectivity index (χ1v) is 6.70. The van der Waals surface area contributed by atoms with Crippen molar-refractivity contribution in [2.45, 2.75) is 17.1 Å². The number of fused-ring (bicyclic) bond motifs is 1. The number of carboxylic acids is 1. The third-order valence-corrected chi connectivity index (χ3v) is 4.79. The second-order valence-electron chi connectivity index (χ2n) is 4.09. The van der Waals surface area contributed by atoms with Crippen LogP contribution in [0, 0.1) is 0 Å². The molecule has 0 saturated carbocycles. The number of nitrogens with two attached hydrogens (primary N) is 1. The van der Waals surface area contributed by atoms with E-state index in [-0.39, 0.29) is 5.56 Å². The summed E-state index contributed by atoms with van der Waals surface area (Å²) in [7, 11) is -4.57. The first-order valence-electron chi connectivity index (χ1n) is 5.22. The lowest BCUT2D eigenvalue weighted by molar-refractivity contribution is -0.140. The zero-order valence-electron chi connectivity index (χ0n) is 9.68. The fourth-order valence-corrected chi connectivity index (χ4v) is 3.78. The highest BCUT2D eigenvalue weighted by Gasteiger charge is 2.44. The zero-order chi connectivity index (χ0) is 15.3. The number of halogens is 3. The molecule has 1 heterocycles. The van der Waals surface area contributed by atoms with Gasteiger partial charge in [-0.1, -0.05) is 12.1 Å². The van der Waals surface area contributed by atoms with Crippen molar-refractivity contribution < 1.29 is 31.5 Å². The van der Waals surface area contributed by atoms with Crippen LogP contribution in [0.3, 0.4) is 0 Å². The Morgan fingerprint density at radius 2 is 1.90 bits per heavy atom. The van der Waals surface area contributed by atoms with Crippen molar-refractivity contribution in [2.75, 3.05) is 0 Å². The summed E-state index contributed by atoms with van der Waals surface area (Å²) in [5.74, 6) is -1.64. The van der Waals surface area contributed by atoms with E-state index in [1.807, 2.05) is 0 Å². The molecular formula is C11H8F3NO4S. The fourth-order valence-electron chi connectivity index (χ4n) is 1.92. The number of alkyl halides is 3. The maximum atomic E-state index is 12.8. The molecule has 20 heavy (non-hydrogen) atoms. The Labute approximate surface area is 111 Å². The number of carboxylic acid groups (broad SMARTS) is 1. The second kappa shape index (κ2) is 4.32. The third kappa shape index (κ3) is 2.08. The monoisotopic (exact) mass is 307 g/mol. The van der Waals surface area contributed by atoms with Crippen LogP contribution in [0.4, 0.5) is 13.2 Å². The lowest BCUT2D eigenvalue weighted by Crippen LogP contribution is -2.34. The van der Waals surface area contributed by atoms with Gasteiger partial charge in [-0.2, -0.15) is 13.2 Å². The summed E-state index contributed by atoms with van der Waals surface area (Å²) in [5, 5.41) is 8.73. The van der Waals surface area contributed by atoms with Crippen LogP contribution in [0.5, 0.6) is 0 Å². The van der Waals surface area contributed by atoms with Gasteiger partial charge in [-0.05, 0) is 17.7 Å². The van der Waals surface area contributed by atoms with E-state index >= 15 is 0 Å². The van der Waals surface area contributed by atoms with E-state index < -0.39 is 43.4 Å². The second-order valence-corrected chi connectivity index (χ2v) is 5.97. The van der Waals surface area contributed by atoms with Gasteiger partial charge in [-0.15, -0.1) is 0 Å². The molecule has 1 unspecified atom stereocenters. The summed E-state index contributed by atoms with van der Waals surface area (Å²) in [6.07, 6.45) is -4.01. The van der Waals surface area contributed by atoms with Gasteiger partial charge in [-0.25, -0.2) is 8.42 Å². The molecule has 1 atom stereocenters. The van der Waals surface area contributed by atoms with Gasteiger partial charge in [0.1, 0.15) is 6.04 Å². The van der Waals surface area contributed by atoms with E-state index in [2.05, 4.69) is 0 Å². The average molecular weight is 307 g/mol.